The van der Waals surface area contributed by atoms with Crippen molar-refractivity contribution in [3.8, 4) is 0 Å². The zero-order chi connectivity index (χ0) is 56.1. The van der Waals surface area contributed by atoms with E-state index in [4.69, 9.17) is 0 Å². The average Bonchev–Trinajstić information content (AvgIpc) is 3.27. The lowest BCUT2D eigenvalue weighted by atomic mass is 9.80. The SMILES string of the molecule is C[SiH](C)c1cc(N(c2cc(C(C)(C)C)cc(C(C)(C)C)c2)c2c3ccccc3c(N(c3cc(C(C)(C)C)cc(C(C)(C)C)c3)c3cc([Si](C)(C)C)cc([Si](C)(C)C)c3)c3ccc(C(C)(C)C)cc23)cc([Si](C)(C)C)c1. The minimum absolute atomic E-state index is 0.0710. The predicted molar refractivity (Wildman–Crippen MR) is 352 cm³/mol. The summed E-state index contributed by atoms with van der Waals surface area (Å²) in [6.45, 7) is 63.4. The molecule has 0 atom stereocenters. The number of benzene rings is 7. The van der Waals surface area contributed by atoms with Crippen molar-refractivity contribution < 1.29 is 0 Å². The zero-order valence-corrected chi connectivity index (χ0v) is 56.1. The standard InChI is InChI=1S/C69H98N2Si4/c1-65(2,3)46-31-32-61-62(39-46)64(70(53-40-55(72(16)17)44-56(41-53)73(18,19)20)51-35-47(66(4,5)6)33-48(36-51)67(7,8)9)60-30-28-27-29-59(60)63(61)71(52-37-49(68(10,11)12)34-50(38-52)69(13,14)15)54-42-57(74(21,22)23)45-58(43-54)75(24,25)26/h27-45,72H,1-26H3. The van der Waals surface area contributed by atoms with Crippen molar-refractivity contribution in [3.63, 3.8) is 0 Å². The molecule has 0 aliphatic heterocycles. The van der Waals surface area contributed by atoms with E-state index in [2.05, 4.69) is 301 Å². The number of fused-ring (bicyclic) bond motifs is 2. The number of anilines is 6. The minimum Gasteiger partial charge on any atom is -0.309 e. The van der Waals surface area contributed by atoms with E-state index in [1.54, 1.807) is 0 Å². The number of hydrogen-bond acceptors (Lipinski definition) is 2. The van der Waals surface area contributed by atoms with E-state index in [-0.39, 0.29) is 27.1 Å². The van der Waals surface area contributed by atoms with Gasteiger partial charge in [-0.2, -0.15) is 0 Å². The Bertz CT molecular complexity index is 3090. The van der Waals surface area contributed by atoms with Gasteiger partial charge in [-0.05, 0) is 109 Å². The van der Waals surface area contributed by atoms with Crippen LogP contribution in [0.25, 0.3) is 21.5 Å². The molecule has 7 rings (SSSR count). The first-order chi connectivity index (χ1) is 34.0. The fourth-order valence-corrected chi connectivity index (χ4v) is 15.1. The molecule has 0 unspecified atom stereocenters. The molecule has 7 aromatic carbocycles. The maximum Gasteiger partial charge on any atom is 0.0776 e. The van der Waals surface area contributed by atoms with Crippen LogP contribution in [0.1, 0.15) is 132 Å². The van der Waals surface area contributed by atoms with Gasteiger partial charge in [-0.15, -0.1) is 0 Å². The summed E-state index contributed by atoms with van der Waals surface area (Å²) in [6, 6.07) is 47.6. The first-order valence-electron chi connectivity index (χ1n) is 28.3. The Kier molecular flexibility index (Phi) is 15.3. The van der Waals surface area contributed by atoms with E-state index in [1.165, 1.54) is 104 Å². The largest absolute Gasteiger partial charge is 0.309 e. The lowest BCUT2D eigenvalue weighted by molar-refractivity contribution is 0.568. The summed E-state index contributed by atoms with van der Waals surface area (Å²) in [5.41, 5.74) is 13.8. The molecular weight excluding hydrogens is 969 g/mol. The summed E-state index contributed by atoms with van der Waals surface area (Å²) in [4.78, 5) is 5.45. The molecule has 0 spiro atoms. The average molecular weight is 1070 g/mol. The van der Waals surface area contributed by atoms with Crippen LogP contribution in [-0.4, -0.2) is 33.0 Å². The van der Waals surface area contributed by atoms with Crippen molar-refractivity contribution >= 4 is 109 Å². The highest BCUT2D eigenvalue weighted by Crippen LogP contribution is 2.53. The van der Waals surface area contributed by atoms with Crippen LogP contribution in [0, 0.1) is 0 Å². The van der Waals surface area contributed by atoms with Gasteiger partial charge in [0.2, 0.25) is 0 Å². The maximum atomic E-state index is 2.73. The van der Waals surface area contributed by atoms with Crippen molar-refractivity contribution in [1.82, 2.24) is 0 Å². The van der Waals surface area contributed by atoms with Crippen LogP contribution in [0.5, 0.6) is 0 Å². The molecule has 0 saturated heterocycles. The van der Waals surface area contributed by atoms with Crippen LogP contribution in [0.2, 0.25) is 72.0 Å². The number of hydrogen-bond donors (Lipinski definition) is 0. The summed E-state index contributed by atoms with van der Waals surface area (Å²) in [7, 11) is -6.67. The van der Waals surface area contributed by atoms with Crippen molar-refractivity contribution in [3.05, 3.63) is 143 Å². The molecule has 400 valence electrons. The Balaban J connectivity index is 1.82. The van der Waals surface area contributed by atoms with E-state index < -0.39 is 33.0 Å². The second-order valence-electron chi connectivity index (χ2n) is 30.9. The Morgan fingerprint density at radius 2 is 0.613 bits per heavy atom. The summed E-state index contributed by atoms with van der Waals surface area (Å²) < 4.78 is 0. The molecule has 7 aromatic rings. The van der Waals surface area contributed by atoms with Gasteiger partial charge in [0.25, 0.3) is 0 Å². The topological polar surface area (TPSA) is 6.48 Å². The minimum atomic E-state index is -1.81. The van der Waals surface area contributed by atoms with E-state index >= 15 is 0 Å². The molecule has 6 heteroatoms. The molecule has 0 aliphatic carbocycles. The third-order valence-electron chi connectivity index (χ3n) is 15.7. The smallest absolute Gasteiger partial charge is 0.0776 e. The fourth-order valence-electron chi connectivity index (χ4n) is 10.2. The van der Waals surface area contributed by atoms with Crippen LogP contribution in [0.4, 0.5) is 34.1 Å². The van der Waals surface area contributed by atoms with Crippen LogP contribution in [-0.2, 0) is 27.1 Å². The Hall–Kier alpha value is -4.47. The summed E-state index contributed by atoms with van der Waals surface area (Å²) in [6.07, 6.45) is 0. The van der Waals surface area contributed by atoms with Gasteiger partial charge in [0, 0.05) is 44.3 Å². The highest BCUT2D eigenvalue weighted by molar-refractivity contribution is 6.91. The Morgan fingerprint density at radius 3 is 0.947 bits per heavy atom. The first kappa shape index (κ1) is 58.2. The molecule has 2 nitrogen and oxygen atoms in total. The first-order valence-corrected chi connectivity index (χ1v) is 41.7. The molecule has 0 N–H and O–H groups in total. The molecular formula is C69H98N2Si4. The van der Waals surface area contributed by atoms with Crippen LogP contribution >= 0.6 is 0 Å². The van der Waals surface area contributed by atoms with Gasteiger partial charge in [0.05, 0.1) is 44.4 Å². The Labute approximate surface area is 462 Å². The highest BCUT2D eigenvalue weighted by Gasteiger charge is 2.33. The van der Waals surface area contributed by atoms with Gasteiger partial charge < -0.3 is 9.80 Å². The molecule has 0 amide bonds. The monoisotopic (exact) mass is 1070 g/mol. The van der Waals surface area contributed by atoms with Gasteiger partial charge in [-0.25, -0.2) is 0 Å². The zero-order valence-electron chi connectivity index (χ0n) is 51.9. The Morgan fingerprint density at radius 1 is 0.307 bits per heavy atom. The molecule has 0 aliphatic rings. The van der Waals surface area contributed by atoms with Crippen LogP contribution in [0.3, 0.4) is 0 Å². The quantitative estimate of drug-likeness (QED) is 0.0765. The van der Waals surface area contributed by atoms with Crippen molar-refractivity contribution in [2.75, 3.05) is 9.80 Å². The lowest BCUT2D eigenvalue weighted by Gasteiger charge is -2.37. The van der Waals surface area contributed by atoms with Gasteiger partial charge in [-0.3, -0.25) is 0 Å². The van der Waals surface area contributed by atoms with E-state index in [0.717, 1.165) is 0 Å². The normalized spacial score (nSPS) is 13.6. The van der Waals surface area contributed by atoms with E-state index in [1.807, 2.05) is 0 Å². The van der Waals surface area contributed by atoms with Gasteiger partial charge in [-0.1, -0.05) is 257 Å². The van der Waals surface area contributed by atoms with Crippen molar-refractivity contribution in [2.24, 2.45) is 0 Å². The second kappa shape index (κ2) is 19.8. The van der Waals surface area contributed by atoms with Crippen molar-refractivity contribution in [1.29, 1.82) is 0 Å². The number of nitrogens with zero attached hydrogens (tertiary/aromatic N) is 2. The molecule has 0 heterocycles. The predicted octanol–water partition coefficient (Wildman–Crippen LogP) is 18.7. The van der Waals surface area contributed by atoms with Crippen LogP contribution < -0.4 is 30.5 Å². The van der Waals surface area contributed by atoms with Gasteiger partial charge in [0.1, 0.15) is 0 Å². The number of rotatable bonds is 10. The van der Waals surface area contributed by atoms with E-state index in [9.17, 15) is 0 Å². The summed E-state index contributed by atoms with van der Waals surface area (Å²) >= 11 is 0. The molecule has 0 radical (unpaired) electrons. The van der Waals surface area contributed by atoms with Crippen LogP contribution in [0.15, 0.2) is 115 Å². The molecule has 0 fully saturated rings. The maximum absolute atomic E-state index is 2.73. The van der Waals surface area contributed by atoms with Crippen molar-refractivity contribution in [2.45, 2.75) is 203 Å². The molecule has 0 aromatic heterocycles. The third kappa shape index (κ3) is 12.5. The molecule has 0 bridgehead atoms. The molecule has 0 saturated carbocycles. The van der Waals surface area contributed by atoms with E-state index in [0.29, 0.717) is 0 Å². The fraction of sp³-hybridized carbons (Fsp3) is 0.449. The summed E-state index contributed by atoms with van der Waals surface area (Å²) in [5.74, 6) is 0. The lowest BCUT2D eigenvalue weighted by Crippen LogP contribution is -2.45. The van der Waals surface area contributed by atoms with Gasteiger partial charge >= 0.3 is 0 Å². The molecule has 75 heavy (non-hydrogen) atoms. The third-order valence-corrected chi connectivity index (χ3v) is 23.5. The highest BCUT2D eigenvalue weighted by atomic mass is 28.3. The second-order valence-corrected chi connectivity index (χ2v) is 49.2. The summed E-state index contributed by atoms with van der Waals surface area (Å²) in [5, 5.41) is 11.1. The van der Waals surface area contributed by atoms with Gasteiger partial charge in [0.15, 0.2) is 0 Å².